The number of amides is 2. The molecule has 0 saturated carbocycles. The van der Waals surface area contributed by atoms with Gasteiger partial charge in [0.05, 0.1) is 6.04 Å². The molecule has 4 nitrogen and oxygen atoms in total. The molecule has 0 aliphatic heterocycles. The summed E-state index contributed by atoms with van der Waals surface area (Å²) in [5, 5.41) is 5.69. The molecule has 0 aliphatic rings. The minimum Gasteiger partial charge on any atom is -0.348 e. The number of aryl methyl sites for hydroxylation is 1. The van der Waals surface area contributed by atoms with E-state index in [-0.39, 0.29) is 17.9 Å². The largest absolute Gasteiger partial charge is 0.348 e. The van der Waals surface area contributed by atoms with Crippen LogP contribution in [0.2, 0.25) is 0 Å². The fourth-order valence-electron chi connectivity index (χ4n) is 2.60. The predicted molar refractivity (Wildman–Crippen MR) is 100 cm³/mol. The number of hydrogen-bond donors (Lipinski definition) is 2. The Hall–Kier alpha value is -2.69. The molecule has 0 saturated heterocycles. The zero-order valence-corrected chi connectivity index (χ0v) is 15.5. The van der Waals surface area contributed by atoms with Crippen molar-refractivity contribution in [3.63, 3.8) is 0 Å². The first-order valence-electron chi connectivity index (χ1n) is 8.71. The SMILES string of the molecule is Cc1ccc(C(C)NC(=O)C(NC(=O)c2ccc(F)cc2)C(C)C)cc1. The fourth-order valence-corrected chi connectivity index (χ4v) is 2.60. The monoisotopic (exact) mass is 356 g/mol. The lowest BCUT2D eigenvalue weighted by molar-refractivity contribution is -0.124. The summed E-state index contributed by atoms with van der Waals surface area (Å²) < 4.78 is 13.0. The van der Waals surface area contributed by atoms with E-state index in [1.807, 2.05) is 52.0 Å². The molecule has 2 rings (SSSR count). The van der Waals surface area contributed by atoms with Crippen molar-refractivity contribution < 1.29 is 14.0 Å². The minimum absolute atomic E-state index is 0.0929. The van der Waals surface area contributed by atoms with Gasteiger partial charge in [-0.15, -0.1) is 0 Å². The summed E-state index contributed by atoms with van der Waals surface area (Å²) in [6.07, 6.45) is 0. The van der Waals surface area contributed by atoms with Crippen LogP contribution in [0.4, 0.5) is 4.39 Å². The molecule has 0 radical (unpaired) electrons. The maximum absolute atomic E-state index is 13.0. The normalized spacial score (nSPS) is 13.2. The van der Waals surface area contributed by atoms with Crippen LogP contribution in [0.15, 0.2) is 48.5 Å². The molecule has 5 heteroatoms. The maximum Gasteiger partial charge on any atom is 0.251 e. The highest BCUT2D eigenvalue weighted by Crippen LogP contribution is 2.14. The summed E-state index contributed by atoms with van der Waals surface area (Å²) in [4.78, 5) is 25.0. The van der Waals surface area contributed by atoms with Gasteiger partial charge in [-0.3, -0.25) is 9.59 Å². The van der Waals surface area contributed by atoms with E-state index in [2.05, 4.69) is 10.6 Å². The first kappa shape index (κ1) is 19.6. The molecule has 0 bridgehead atoms. The third-order valence-corrected chi connectivity index (χ3v) is 4.28. The van der Waals surface area contributed by atoms with Crippen molar-refractivity contribution in [3.05, 3.63) is 71.0 Å². The molecular weight excluding hydrogens is 331 g/mol. The second-order valence-electron chi connectivity index (χ2n) is 6.84. The molecule has 2 amide bonds. The van der Waals surface area contributed by atoms with E-state index >= 15 is 0 Å². The molecule has 138 valence electrons. The average molecular weight is 356 g/mol. The second kappa shape index (κ2) is 8.61. The molecular formula is C21H25FN2O2. The predicted octanol–water partition coefficient (Wildman–Crippen LogP) is 3.77. The molecule has 2 aromatic rings. The van der Waals surface area contributed by atoms with Crippen LogP contribution >= 0.6 is 0 Å². The van der Waals surface area contributed by atoms with Gasteiger partial charge in [-0.1, -0.05) is 43.7 Å². The maximum atomic E-state index is 13.0. The van der Waals surface area contributed by atoms with Gasteiger partial charge in [0.2, 0.25) is 5.91 Å². The summed E-state index contributed by atoms with van der Waals surface area (Å²) >= 11 is 0. The van der Waals surface area contributed by atoms with Gasteiger partial charge in [-0.05, 0) is 49.6 Å². The van der Waals surface area contributed by atoms with E-state index in [9.17, 15) is 14.0 Å². The van der Waals surface area contributed by atoms with Gasteiger partial charge in [0.15, 0.2) is 0 Å². The smallest absolute Gasteiger partial charge is 0.251 e. The highest BCUT2D eigenvalue weighted by Gasteiger charge is 2.26. The van der Waals surface area contributed by atoms with Crippen molar-refractivity contribution in [2.45, 2.75) is 39.8 Å². The quantitative estimate of drug-likeness (QED) is 0.828. The standard InChI is InChI=1S/C21H25FN2O2/c1-13(2)19(24-20(25)17-9-11-18(22)12-10-17)21(26)23-15(4)16-7-5-14(3)6-8-16/h5-13,15,19H,1-4H3,(H,23,26)(H,24,25). The third-order valence-electron chi connectivity index (χ3n) is 4.28. The minimum atomic E-state index is -0.680. The van der Waals surface area contributed by atoms with Crippen molar-refractivity contribution in [1.82, 2.24) is 10.6 Å². The molecule has 0 heterocycles. The third kappa shape index (κ3) is 5.15. The summed E-state index contributed by atoms with van der Waals surface area (Å²) in [6, 6.07) is 12.3. The van der Waals surface area contributed by atoms with Crippen LogP contribution < -0.4 is 10.6 Å². The molecule has 2 atom stereocenters. The number of rotatable bonds is 6. The fraction of sp³-hybridized carbons (Fsp3) is 0.333. The summed E-state index contributed by atoms with van der Waals surface area (Å²) in [5.41, 5.74) is 2.46. The zero-order chi connectivity index (χ0) is 19.3. The van der Waals surface area contributed by atoms with Crippen molar-refractivity contribution >= 4 is 11.8 Å². The summed E-state index contributed by atoms with van der Waals surface area (Å²) in [6.45, 7) is 7.64. The van der Waals surface area contributed by atoms with Crippen molar-refractivity contribution in [2.75, 3.05) is 0 Å². The molecule has 26 heavy (non-hydrogen) atoms. The van der Waals surface area contributed by atoms with Crippen LogP contribution in [0.3, 0.4) is 0 Å². The highest BCUT2D eigenvalue weighted by molar-refractivity contribution is 5.97. The average Bonchev–Trinajstić information content (AvgIpc) is 2.60. The molecule has 2 unspecified atom stereocenters. The lowest BCUT2D eigenvalue weighted by atomic mass is 10.0. The van der Waals surface area contributed by atoms with E-state index < -0.39 is 17.8 Å². The van der Waals surface area contributed by atoms with Gasteiger partial charge in [0.25, 0.3) is 5.91 Å². The van der Waals surface area contributed by atoms with Gasteiger partial charge in [0, 0.05) is 5.56 Å². The van der Waals surface area contributed by atoms with Gasteiger partial charge < -0.3 is 10.6 Å². The van der Waals surface area contributed by atoms with E-state index in [0.717, 1.165) is 11.1 Å². The number of hydrogen-bond acceptors (Lipinski definition) is 2. The molecule has 0 aromatic heterocycles. The van der Waals surface area contributed by atoms with Crippen molar-refractivity contribution in [3.8, 4) is 0 Å². The van der Waals surface area contributed by atoms with Crippen LogP contribution in [0.25, 0.3) is 0 Å². The molecule has 0 aliphatic carbocycles. The van der Waals surface area contributed by atoms with Gasteiger partial charge in [-0.25, -0.2) is 4.39 Å². The molecule has 2 aromatic carbocycles. The van der Waals surface area contributed by atoms with Crippen LogP contribution in [-0.2, 0) is 4.79 Å². The lowest BCUT2D eigenvalue weighted by Gasteiger charge is -2.24. The number of carbonyl (C=O) groups is 2. The molecule has 0 spiro atoms. The Morgan fingerprint density at radius 1 is 0.885 bits per heavy atom. The zero-order valence-electron chi connectivity index (χ0n) is 15.5. The van der Waals surface area contributed by atoms with Crippen LogP contribution in [0.5, 0.6) is 0 Å². The Morgan fingerprint density at radius 2 is 1.46 bits per heavy atom. The van der Waals surface area contributed by atoms with E-state index in [0.29, 0.717) is 5.56 Å². The number of carbonyl (C=O) groups excluding carboxylic acids is 2. The molecule has 0 fully saturated rings. The van der Waals surface area contributed by atoms with Gasteiger partial charge >= 0.3 is 0 Å². The summed E-state index contributed by atoms with van der Waals surface area (Å²) in [7, 11) is 0. The number of benzene rings is 2. The van der Waals surface area contributed by atoms with Crippen LogP contribution in [-0.4, -0.2) is 17.9 Å². The van der Waals surface area contributed by atoms with Crippen molar-refractivity contribution in [2.24, 2.45) is 5.92 Å². The topological polar surface area (TPSA) is 58.2 Å². The number of nitrogens with one attached hydrogen (secondary N) is 2. The Kier molecular flexibility index (Phi) is 6.50. The van der Waals surface area contributed by atoms with Crippen LogP contribution in [0.1, 0.15) is 48.3 Å². The molecule has 2 N–H and O–H groups in total. The Balaban J connectivity index is 2.05. The second-order valence-corrected chi connectivity index (χ2v) is 6.84. The first-order valence-corrected chi connectivity index (χ1v) is 8.71. The van der Waals surface area contributed by atoms with Gasteiger partial charge in [-0.2, -0.15) is 0 Å². The lowest BCUT2D eigenvalue weighted by Crippen LogP contribution is -2.50. The first-order chi connectivity index (χ1) is 12.3. The van der Waals surface area contributed by atoms with E-state index in [1.165, 1.54) is 24.3 Å². The highest BCUT2D eigenvalue weighted by atomic mass is 19.1. The van der Waals surface area contributed by atoms with E-state index in [1.54, 1.807) is 0 Å². The Morgan fingerprint density at radius 3 is 2.00 bits per heavy atom. The van der Waals surface area contributed by atoms with Gasteiger partial charge in [0.1, 0.15) is 11.9 Å². The van der Waals surface area contributed by atoms with Crippen molar-refractivity contribution in [1.29, 1.82) is 0 Å². The van der Waals surface area contributed by atoms with Crippen LogP contribution in [0, 0.1) is 18.7 Å². The Labute approximate surface area is 153 Å². The Bertz CT molecular complexity index is 755. The van der Waals surface area contributed by atoms with E-state index in [4.69, 9.17) is 0 Å². The summed E-state index contributed by atoms with van der Waals surface area (Å²) in [5.74, 6) is -1.15. The number of halogens is 1.